The van der Waals surface area contributed by atoms with Gasteiger partial charge in [0.05, 0.1) is 16.6 Å². The number of hydrogen-bond acceptors (Lipinski definition) is 4. The number of nitrogens with zero attached hydrogens (tertiary/aromatic N) is 2. The third-order valence-electron chi connectivity index (χ3n) is 5.41. The van der Waals surface area contributed by atoms with Crippen LogP contribution < -0.4 is 5.32 Å². The molecule has 3 rings (SSSR count). The molecule has 0 radical (unpaired) electrons. The molecule has 1 aliphatic rings. The average molecular weight is 372 g/mol. The zero-order chi connectivity index (χ0) is 18.7. The molecule has 1 fully saturated rings. The van der Waals surface area contributed by atoms with E-state index in [-0.39, 0.29) is 11.9 Å². The highest BCUT2D eigenvalue weighted by Gasteiger charge is 2.23. The fourth-order valence-corrected chi connectivity index (χ4v) is 4.64. The molecule has 2 unspecified atom stereocenters. The Morgan fingerprint density at radius 2 is 2.08 bits per heavy atom. The normalized spacial score (nSPS) is 18.1. The average Bonchev–Trinajstić information content (AvgIpc) is 3.28. The lowest BCUT2D eigenvalue weighted by Gasteiger charge is -2.25. The maximum absolute atomic E-state index is 12.6. The van der Waals surface area contributed by atoms with E-state index in [1.165, 1.54) is 16.9 Å². The van der Waals surface area contributed by atoms with Crippen molar-refractivity contribution in [1.29, 1.82) is 0 Å². The minimum Gasteiger partial charge on any atom is -0.338 e. The lowest BCUT2D eigenvalue weighted by Crippen LogP contribution is -2.29. The van der Waals surface area contributed by atoms with Gasteiger partial charge < -0.3 is 10.2 Å². The SMILES string of the molecule is Cc1ccc(-c2nc(C)c(C(C)N(C)C(=O)CCC3CCNC3)s2)cc1. The highest BCUT2D eigenvalue weighted by atomic mass is 32.1. The van der Waals surface area contributed by atoms with E-state index in [9.17, 15) is 4.79 Å². The molecule has 0 aliphatic carbocycles. The second-order valence-corrected chi connectivity index (χ2v) is 8.44. The van der Waals surface area contributed by atoms with Crippen LogP contribution in [-0.2, 0) is 4.79 Å². The van der Waals surface area contributed by atoms with Crippen LogP contribution in [0.15, 0.2) is 24.3 Å². The fraction of sp³-hybridized carbons (Fsp3) is 0.524. The predicted octanol–water partition coefficient (Wildman–Crippen LogP) is 4.34. The summed E-state index contributed by atoms with van der Waals surface area (Å²) in [6.07, 6.45) is 2.81. The van der Waals surface area contributed by atoms with Crippen LogP contribution in [0.2, 0.25) is 0 Å². The van der Waals surface area contributed by atoms with Crippen molar-refractivity contribution in [3.63, 3.8) is 0 Å². The molecule has 1 saturated heterocycles. The molecule has 140 valence electrons. The molecule has 2 aromatic rings. The topological polar surface area (TPSA) is 45.2 Å². The van der Waals surface area contributed by atoms with E-state index < -0.39 is 0 Å². The van der Waals surface area contributed by atoms with Crippen LogP contribution in [0.1, 0.15) is 48.4 Å². The smallest absolute Gasteiger partial charge is 0.222 e. The lowest BCUT2D eigenvalue weighted by atomic mass is 10.0. The molecule has 0 bridgehead atoms. The maximum Gasteiger partial charge on any atom is 0.222 e. The van der Waals surface area contributed by atoms with Crippen molar-refractivity contribution in [2.75, 3.05) is 20.1 Å². The number of hydrogen-bond donors (Lipinski definition) is 1. The van der Waals surface area contributed by atoms with Crippen LogP contribution in [0, 0.1) is 19.8 Å². The third-order valence-corrected chi connectivity index (χ3v) is 6.79. The summed E-state index contributed by atoms with van der Waals surface area (Å²) in [5, 5.41) is 4.40. The Kier molecular flexibility index (Phi) is 6.09. The van der Waals surface area contributed by atoms with Crippen molar-refractivity contribution in [3.05, 3.63) is 40.4 Å². The van der Waals surface area contributed by atoms with Gasteiger partial charge in [0, 0.05) is 19.0 Å². The predicted molar refractivity (Wildman–Crippen MR) is 108 cm³/mol. The fourth-order valence-electron chi connectivity index (χ4n) is 3.47. The summed E-state index contributed by atoms with van der Waals surface area (Å²) in [6.45, 7) is 8.39. The Labute approximate surface area is 160 Å². The van der Waals surface area contributed by atoms with Gasteiger partial charge in [-0.1, -0.05) is 29.8 Å². The van der Waals surface area contributed by atoms with E-state index in [2.05, 4.69) is 43.4 Å². The first-order valence-corrected chi connectivity index (χ1v) is 10.3. The van der Waals surface area contributed by atoms with Gasteiger partial charge in [-0.15, -0.1) is 11.3 Å². The van der Waals surface area contributed by atoms with E-state index in [1.54, 1.807) is 11.3 Å². The van der Waals surface area contributed by atoms with Gasteiger partial charge in [-0.3, -0.25) is 4.79 Å². The molecule has 2 heterocycles. The number of carbonyl (C=O) groups is 1. The lowest BCUT2D eigenvalue weighted by molar-refractivity contribution is -0.132. The first-order valence-electron chi connectivity index (χ1n) is 9.46. The van der Waals surface area contributed by atoms with E-state index in [0.29, 0.717) is 12.3 Å². The van der Waals surface area contributed by atoms with E-state index in [4.69, 9.17) is 4.98 Å². The quantitative estimate of drug-likeness (QED) is 0.822. The number of aryl methyl sites for hydroxylation is 2. The van der Waals surface area contributed by atoms with Gasteiger partial charge in [-0.25, -0.2) is 4.98 Å². The van der Waals surface area contributed by atoms with Crippen LogP contribution in [-0.4, -0.2) is 35.9 Å². The molecule has 4 nitrogen and oxygen atoms in total. The molecule has 1 amide bonds. The molecule has 1 N–H and O–H groups in total. The van der Waals surface area contributed by atoms with Crippen molar-refractivity contribution >= 4 is 17.2 Å². The van der Waals surface area contributed by atoms with Gasteiger partial charge in [0.1, 0.15) is 5.01 Å². The molecule has 0 saturated carbocycles. The minimum absolute atomic E-state index is 0.0564. The van der Waals surface area contributed by atoms with Gasteiger partial charge in [0.25, 0.3) is 0 Å². The number of amides is 1. The Hall–Kier alpha value is -1.72. The maximum atomic E-state index is 12.6. The molecule has 1 aromatic heterocycles. The number of carbonyl (C=O) groups excluding carboxylic acids is 1. The van der Waals surface area contributed by atoms with Gasteiger partial charge in [0.15, 0.2) is 0 Å². The third kappa shape index (κ3) is 4.33. The number of rotatable bonds is 6. The minimum atomic E-state index is 0.0564. The Bertz CT molecular complexity index is 747. The van der Waals surface area contributed by atoms with Gasteiger partial charge in [-0.05, 0) is 52.6 Å². The monoisotopic (exact) mass is 371 g/mol. The molecule has 1 aromatic carbocycles. The van der Waals surface area contributed by atoms with E-state index in [0.717, 1.165) is 35.8 Å². The van der Waals surface area contributed by atoms with Crippen molar-refractivity contribution < 1.29 is 4.79 Å². The van der Waals surface area contributed by atoms with Crippen molar-refractivity contribution in [3.8, 4) is 10.6 Å². The Balaban J connectivity index is 1.67. The Morgan fingerprint density at radius 1 is 1.35 bits per heavy atom. The molecule has 2 atom stereocenters. The highest BCUT2D eigenvalue weighted by Crippen LogP contribution is 2.34. The molecular weight excluding hydrogens is 342 g/mol. The number of aromatic nitrogens is 1. The van der Waals surface area contributed by atoms with Crippen LogP contribution in [0.25, 0.3) is 10.6 Å². The summed E-state index contributed by atoms with van der Waals surface area (Å²) in [6, 6.07) is 8.52. The second kappa shape index (κ2) is 8.31. The van der Waals surface area contributed by atoms with E-state index >= 15 is 0 Å². The first-order chi connectivity index (χ1) is 12.5. The summed E-state index contributed by atoms with van der Waals surface area (Å²) in [5.41, 5.74) is 3.42. The van der Waals surface area contributed by atoms with Crippen LogP contribution in [0.5, 0.6) is 0 Å². The molecule has 1 aliphatic heterocycles. The number of benzene rings is 1. The summed E-state index contributed by atoms with van der Waals surface area (Å²) in [4.78, 5) is 20.5. The molecule has 26 heavy (non-hydrogen) atoms. The van der Waals surface area contributed by atoms with Crippen LogP contribution in [0.3, 0.4) is 0 Å². The number of thiazole rings is 1. The standard InChI is InChI=1S/C21H29N3OS/c1-14-5-8-18(9-6-14)21-23-15(2)20(26-21)16(3)24(4)19(25)10-7-17-11-12-22-13-17/h5-6,8-9,16-17,22H,7,10-13H2,1-4H3. The van der Waals surface area contributed by atoms with Crippen molar-refractivity contribution in [2.24, 2.45) is 5.92 Å². The van der Waals surface area contributed by atoms with Gasteiger partial charge >= 0.3 is 0 Å². The van der Waals surface area contributed by atoms with Gasteiger partial charge in [0.2, 0.25) is 5.91 Å². The number of nitrogens with one attached hydrogen (secondary N) is 1. The van der Waals surface area contributed by atoms with E-state index in [1.807, 2.05) is 18.9 Å². The summed E-state index contributed by atoms with van der Waals surface area (Å²) < 4.78 is 0. The first kappa shape index (κ1) is 19.1. The zero-order valence-electron chi connectivity index (χ0n) is 16.2. The molecule has 5 heteroatoms. The molecule has 0 spiro atoms. The second-order valence-electron chi connectivity index (χ2n) is 7.41. The summed E-state index contributed by atoms with van der Waals surface area (Å²) in [5.74, 6) is 0.884. The molecular formula is C21H29N3OS. The van der Waals surface area contributed by atoms with Crippen molar-refractivity contribution in [1.82, 2.24) is 15.2 Å². The summed E-state index contributed by atoms with van der Waals surface area (Å²) >= 11 is 1.70. The zero-order valence-corrected chi connectivity index (χ0v) is 17.0. The van der Waals surface area contributed by atoms with Crippen LogP contribution in [0.4, 0.5) is 0 Å². The highest BCUT2D eigenvalue weighted by molar-refractivity contribution is 7.15. The largest absolute Gasteiger partial charge is 0.338 e. The van der Waals surface area contributed by atoms with Crippen molar-refractivity contribution in [2.45, 2.75) is 46.1 Å². The van der Waals surface area contributed by atoms with Gasteiger partial charge in [-0.2, -0.15) is 0 Å². The van der Waals surface area contributed by atoms with Crippen LogP contribution >= 0.6 is 11.3 Å². The Morgan fingerprint density at radius 3 is 2.73 bits per heavy atom. The summed E-state index contributed by atoms with van der Waals surface area (Å²) in [7, 11) is 1.92.